The number of hydrogen-bond acceptors (Lipinski definition) is 6. The predicted octanol–water partition coefficient (Wildman–Crippen LogP) is 4.69. The summed E-state index contributed by atoms with van der Waals surface area (Å²) in [5.41, 5.74) is 2.76. The molecule has 1 atom stereocenters. The van der Waals surface area contributed by atoms with Gasteiger partial charge in [0.25, 0.3) is 5.91 Å². The van der Waals surface area contributed by atoms with E-state index >= 15 is 0 Å². The molecule has 5 rings (SSSR count). The first-order valence-corrected chi connectivity index (χ1v) is 12.3. The molecule has 1 N–H and O–H groups in total. The fourth-order valence-electron chi connectivity index (χ4n) is 4.74. The van der Waals surface area contributed by atoms with E-state index in [4.69, 9.17) is 16.3 Å². The van der Waals surface area contributed by atoms with Crippen LogP contribution < -0.4 is 5.32 Å². The molecule has 3 aromatic heterocycles. The second-order valence-electron chi connectivity index (χ2n) is 9.18. The van der Waals surface area contributed by atoms with Crippen LogP contribution in [0.4, 0.5) is 16.0 Å². The van der Waals surface area contributed by atoms with Crippen molar-refractivity contribution in [1.82, 2.24) is 24.2 Å². The molecule has 1 aliphatic rings. The van der Waals surface area contributed by atoms with Crippen LogP contribution >= 0.6 is 11.6 Å². The SMILES string of the molecule is COC[C@H]1Cn2cc(-c3cc(Nc4ccnn4C)ncc3Cl)cc2C(=O)N1Cc1cc(F)ccc1C(C)=O. The number of carbonyl (C=O) groups excluding carboxylic acids is 2. The lowest BCUT2D eigenvalue weighted by molar-refractivity contribution is 0.0387. The number of ether oxygens (including phenoxy) is 1. The molecule has 9 nitrogen and oxygen atoms in total. The van der Waals surface area contributed by atoms with Crippen molar-refractivity contribution in [3.63, 3.8) is 0 Å². The number of hydrogen-bond donors (Lipinski definition) is 1. The Morgan fingerprint density at radius 2 is 2.08 bits per heavy atom. The zero-order valence-corrected chi connectivity index (χ0v) is 21.9. The maximum atomic E-state index is 14.1. The molecule has 0 unspecified atom stereocenters. The van der Waals surface area contributed by atoms with Gasteiger partial charge in [-0.05, 0) is 42.8 Å². The van der Waals surface area contributed by atoms with Gasteiger partial charge in [0.15, 0.2) is 5.78 Å². The Hall–Kier alpha value is -4.02. The molecule has 4 heterocycles. The highest BCUT2D eigenvalue weighted by Crippen LogP contribution is 2.34. The zero-order valence-electron chi connectivity index (χ0n) is 21.1. The van der Waals surface area contributed by atoms with Crippen LogP contribution in [-0.4, -0.2) is 55.7 Å². The van der Waals surface area contributed by atoms with Gasteiger partial charge in [-0.1, -0.05) is 11.6 Å². The Morgan fingerprint density at radius 3 is 2.79 bits per heavy atom. The number of methoxy groups -OCH3 is 1. The number of rotatable bonds is 8. The highest BCUT2D eigenvalue weighted by molar-refractivity contribution is 6.33. The van der Waals surface area contributed by atoms with Crippen LogP contribution in [0.25, 0.3) is 11.1 Å². The third kappa shape index (κ3) is 4.92. The maximum absolute atomic E-state index is 14.1. The number of aryl methyl sites for hydroxylation is 1. The Kier molecular flexibility index (Phi) is 7.00. The van der Waals surface area contributed by atoms with Crippen molar-refractivity contribution >= 4 is 34.9 Å². The highest BCUT2D eigenvalue weighted by Gasteiger charge is 2.34. The van der Waals surface area contributed by atoms with Crippen molar-refractivity contribution in [2.45, 2.75) is 26.1 Å². The van der Waals surface area contributed by atoms with E-state index in [0.29, 0.717) is 39.8 Å². The van der Waals surface area contributed by atoms with E-state index in [1.807, 2.05) is 29.9 Å². The second-order valence-corrected chi connectivity index (χ2v) is 9.59. The number of pyridine rings is 1. The predicted molar refractivity (Wildman–Crippen MR) is 141 cm³/mol. The average Bonchev–Trinajstić information content (AvgIpc) is 3.49. The number of fused-ring (bicyclic) bond motifs is 1. The second kappa shape index (κ2) is 10.4. The summed E-state index contributed by atoms with van der Waals surface area (Å²) in [5.74, 6) is 0.428. The lowest BCUT2D eigenvalue weighted by Crippen LogP contribution is -2.49. The fraction of sp³-hybridized carbons (Fsp3) is 0.259. The van der Waals surface area contributed by atoms with Crippen LogP contribution in [0.2, 0.25) is 5.02 Å². The first kappa shape index (κ1) is 25.6. The molecular weight excluding hydrogens is 511 g/mol. The first-order chi connectivity index (χ1) is 18.2. The number of ketones is 1. The van der Waals surface area contributed by atoms with Gasteiger partial charge in [-0.25, -0.2) is 9.37 Å². The van der Waals surface area contributed by atoms with Crippen LogP contribution in [0.15, 0.2) is 55.0 Å². The van der Waals surface area contributed by atoms with Gasteiger partial charge in [0.1, 0.15) is 23.1 Å². The molecule has 11 heteroatoms. The van der Waals surface area contributed by atoms with Gasteiger partial charge in [0, 0.05) is 62.4 Å². The molecule has 196 valence electrons. The number of halogens is 2. The van der Waals surface area contributed by atoms with Crippen LogP contribution in [0.5, 0.6) is 0 Å². The zero-order chi connectivity index (χ0) is 27.0. The molecule has 1 aromatic carbocycles. The van der Waals surface area contributed by atoms with Gasteiger partial charge >= 0.3 is 0 Å². The van der Waals surface area contributed by atoms with Crippen molar-refractivity contribution in [3.8, 4) is 11.1 Å². The maximum Gasteiger partial charge on any atom is 0.271 e. The average molecular weight is 537 g/mol. The summed E-state index contributed by atoms with van der Waals surface area (Å²) in [7, 11) is 3.38. The molecule has 0 spiro atoms. The molecule has 0 saturated heterocycles. The van der Waals surface area contributed by atoms with E-state index in [1.165, 1.54) is 25.1 Å². The van der Waals surface area contributed by atoms with Crippen molar-refractivity contribution in [2.24, 2.45) is 7.05 Å². The minimum atomic E-state index is -0.466. The molecule has 0 bridgehead atoms. The summed E-state index contributed by atoms with van der Waals surface area (Å²) in [6.07, 6.45) is 5.12. The van der Waals surface area contributed by atoms with Crippen molar-refractivity contribution < 1.29 is 18.7 Å². The number of carbonyl (C=O) groups is 2. The van der Waals surface area contributed by atoms with Crippen molar-refractivity contribution in [1.29, 1.82) is 0 Å². The normalized spacial score (nSPS) is 15.0. The van der Waals surface area contributed by atoms with Gasteiger partial charge in [0.05, 0.1) is 23.9 Å². The minimum Gasteiger partial charge on any atom is -0.382 e. The lowest BCUT2D eigenvalue weighted by atomic mass is 10.0. The molecule has 38 heavy (non-hydrogen) atoms. The lowest BCUT2D eigenvalue weighted by Gasteiger charge is -2.36. The number of Topliss-reactive ketones (excluding diaryl/α,β-unsaturated/α-hetero) is 1. The Bertz CT molecular complexity index is 1530. The molecule has 4 aromatic rings. The smallest absolute Gasteiger partial charge is 0.271 e. The topological polar surface area (TPSA) is 94.3 Å². The third-order valence-corrected chi connectivity index (χ3v) is 6.92. The van der Waals surface area contributed by atoms with Crippen LogP contribution in [0.1, 0.15) is 33.3 Å². The molecule has 0 aliphatic carbocycles. The summed E-state index contributed by atoms with van der Waals surface area (Å²) >= 11 is 6.52. The van der Waals surface area contributed by atoms with Crippen LogP contribution in [0.3, 0.4) is 0 Å². The largest absolute Gasteiger partial charge is 0.382 e. The van der Waals surface area contributed by atoms with Gasteiger partial charge in [-0.3, -0.25) is 14.3 Å². The molecule has 1 amide bonds. The van der Waals surface area contributed by atoms with Gasteiger partial charge in [-0.15, -0.1) is 0 Å². The summed E-state index contributed by atoms with van der Waals surface area (Å²) in [6, 6.07) is 9.11. The Morgan fingerprint density at radius 1 is 1.26 bits per heavy atom. The fourth-order valence-corrected chi connectivity index (χ4v) is 4.95. The summed E-state index contributed by atoms with van der Waals surface area (Å²) in [5, 5.41) is 7.80. The van der Waals surface area contributed by atoms with E-state index in [9.17, 15) is 14.0 Å². The van der Waals surface area contributed by atoms with Crippen LogP contribution in [0, 0.1) is 5.82 Å². The summed E-state index contributed by atoms with van der Waals surface area (Å²) in [6.45, 7) is 2.24. The number of nitrogens with one attached hydrogen (secondary N) is 1. The number of aromatic nitrogens is 4. The molecule has 0 fully saturated rings. The number of nitrogens with zero attached hydrogens (tertiary/aromatic N) is 5. The standard InChI is InChI=1S/C27H26ClFN6O3/c1-16(36)21-5-4-19(29)8-17(21)13-35-20(15-38-3)14-34-12-18(9-24(34)27(35)37)22-10-25(30-11-23(22)28)32-26-6-7-31-33(26)2/h4-12,20H,13-15H2,1-3H3,(H,30,32)/t20-/m1/s1. The van der Waals surface area contributed by atoms with E-state index < -0.39 is 5.82 Å². The molecule has 1 aliphatic heterocycles. The Labute approximate surface area is 223 Å². The van der Waals surface area contributed by atoms with Gasteiger partial charge in [-0.2, -0.15) is 5.10 Å². The van der Waals surface area contributed by atoms with Gasteiger partial charge in [0.2, 0.25) is 0 Å². The highest BCUT2D eigenvalue weighted by atomic mass is 35.5. The van der Waals surface area contributed by atoms with E-state index in [0.717, 1.165) is 11.4 Å². The number of amides is 1. The number of benzene rings is 1. The third-order valence-electron chi connectivity index (χ3n) is 6.61. The molecule has 0 saturated carbocycles. The Balaban J connectivity index is 1.48. The minimum absolute atomic E-state index is 0.0782. The van der Waals surface area contributed by atoms with Crippen LogP contribution in [-0.2, 0) is 24.9 Å². The van der Waals surface area contributed by atoms with E-state index in [2.05, 4.69) is 15.4 Å². The van der Waals surface area contributed by atoms with E-state index in [-0.39, 0.29) is 30.9 Å². The molecule has 0 radical (unpaired) electrons. The van der Waals surface area contributed by atoms with E-state index in [1.54, 1.807) is 35.2 Å². The first-order valence-electron chi connectivity index (χ1n) is 12.0. The summed E-state index contributed by atoms with van der Waals surface area (Å²) < 4.78 is 23.0. The quantitative estimate of drug-likeness (QED) is 0.328. The van der Waals surface area contributed by atoms with Crippen molar-refractivity contribution in [3.05, 3.63) is 82.6 Å². The number of anilines is 2. The monoisotopic (exact) mass is 536 g/mol. The summed E-state index contributed by atoms with van der Waals surface area (Å²) in [4.78, 5) is 31.9. The molecular formula is C27H26ClFN6O3. The van der Waals surface area contributed by atoms with Crippen molar-refractivity contribution in [2.75, 3.05) is 19.0 Å². The van der Waals surface area contributed by atoms with Gasteiger partial charge < -0.3 is 19.5 Å².